The lowest BCUT2D eigenvalue weighted by molar-refractivity contribution is -0.135. The van der Waals surface area contributed by atoms with Crippen LogP contribution >= 0.6 is 0 Å². The highest BCUT2D eigenvalue weighted by Crippen LogP contribution is 2.37. The van der Waals surface area contributed by atoms with E-state index in [0.717, 1.165) is 25.7 Å². The summed E-state index contributed by atoms with van der Waals surface area (Å²) in [6.07, 6.45) is 4.57. The smallest absolute Gasteiger partial charge is 0.244 e. The molecule has 1 aliphatic heterocycles. The first-order chi connectivity index (χ1) is 8.50. The minimum absolute atomic E-state index is 0.0913. The second-order valence-corrected chi connectivity index (χ2v) is 6.13. The summed E-state index contributed by atoms with van der Waals surface area (Å²) >= 11 is 0. The van der Waals surface area contributed by atoms with Crippen LogP contribution in [-0.4, -0.2) is 42.3 Å². The molecular formula is C14H26N2O2. The molecule has 1 heterocycles. The van der Waals surface area contributed by atoms with E-state index in [4.69, 9.17) is 4.74 Å². The number of nitrogens with one attached hydrogen (secondary N) is 1. The normalized spacial score (nSPS) is 28.6. The van der Waals surface area contributed by atoms with Gasteiger partial charge >= 0.3 is 0 Å². The van der Waals surface area contributed by atoms with Crippen LogP contribution in [0.15, 0.2) is 0 Å². The third-order valence-corrected chi connectivity index (χ3v) is 4.37. The van der Waals surface area contributed by atoms with E-state index in [1.807, 2.05) is 11.8 Å². The van der Waals surface area contributed by atoms with Gasteiger partial charge in [-0.3, -0.25) is 10.1 Å². The first kappa shape index (κ1) is 13.8. The Hall–Kier alpha value is -0.610. The number of methoxy groups -OCH3 is 1. The SMILES string of the molecule is COC(C)CN1C(=O)C2(CCCC2)NC1C(C)C. The molecule has 0 aromatic heterocycles. The largest absolute Gasteiger partial charge is 0.380 e. The van der Waals surface area contributed by atoms with Crippen molar-refractivity contribution in [2.75, 3.05) is 13.7 Å². The molecule has 1 aliphatic carbocycles. The number of amides is 1. The number of ether oxygens (including phenoxy) is 1. The van der Waals surface area contributed by atoms with Crippen molar-refractivity contribution in [3.8, 4) is 0 Å². The predicted molar refractivity (Wildman–Crippen MR) is 71.1 cm³/mol. The Morgan fingerprint density at radius 2 is 2.00 bits per heavy atom. The molecule has 1 spiro atoms. The quantitative estimate of drug-likeness (QED) is 0.831. The van der Waals surface area contributed by atoms with Gasteiger partial charge in [-0.2, -0.15) is 0 Å². The predicted octanol–water partition coefficient (Wildman–Crippen LogP) is 1.75. The van der Waals surface area contributed by atoms with Crippen molar-refractivity contribution in [3.63, 3.8) is 0 Å². The van der Waals surface area contributed by atoms with Crippen molar-refractivity contribution in [2.45, 2.75) is 64.3 Å². The van der Waals surface area contributed by atoms with Crippen LogP contribution in [0.4, 0.5) is 0 Å². The Kier molecular flexibility index (Phi) is 3.97. The van der Waals surface area contributed by atoms with Gasteiger partial charge in [-0.1, -0.05) is 26.7 Å². The first-order valence-electron chi connectivity index (χ1n) is 7.12. The second-order valence-electron chi connectivity index (χ2n) is 6.13. The Morgan fingerprint density at radius 3 is 2.50 bits per heavy atom. The number of carbonyl (C=O) groups excluding carboxylic acids is 1. The van der Waals surface area contributed by atoms with Crippen LogP contribution in [0.3, 0.4) is 0 Å². The topological polar surface area (TPSA) is 41.6 Å². The highest BCUT2D eigenvalue weighted by atomic mass is 16.5. The minimum atomic E-state index is -0.262. The maximum atomic E-state index is 12.7. The summed E-state index contributed by atoms with van der Waals surface area (Å²) in [6.45, 7) is 7.05. The maximum Gasteiger partial charge on any atom is 0.244 e. The van der Waals surface area contributed by atoms with Crippen LogP contribution in [0.5, 0.6) is 0 Å². The van der Waals surface area contributed by atoms with Crippen molar-refractivity contribution in [1.29, 1.82) is 0 Å². The molecular weight excluding hydrogens is 228 g/mol. The Labute approximate surface area is 110 Å². The Morgan fingerprint density at radius 1 is 1.39 bits per heavy atom. The fraction of sp³-hybridized carbons (Fsp3) is 0.929. The molecule has 1 N–H and O–H groups in total. The molecule has 0 bridgehead atoms. The molecule has 1 saturated heterocycles. The van der Waals surface area contributed by atoms with E-state index in [0.29, 0.717) is 18.4 Å². The molecule has 2 rings (SSSR count). The van der Waals surface area contributed by atoms with E-state index in [-0.39, 0.29) is 17.8 Å². The number of rotatable bonds is 4. The standard InChI is InChI=1S/C14H26N2O2/c1-10(2)12-15-14(7-5-6-8-14)13(17)16(12)9-11(3)18-4/h10-12,15H,5-9H2,1-4H3. The molecule has 2 aliphatic rings. The van der Waals surface area contributed by atoms with Gasteiger partial charge in [0.1, 0.15) is 0 Å². The molecule has 2 fully saturated rings. The number of carbonyl (C=O) groups is 1. The summed E-state index contributed by atoms with van der Waals surface area (Å²) in [6, 6.07) is 0. The maximum absolute atomic E-state index is 12.7. The van der Waals surface area contributed by atoms with Crippen molar-refractivity contribution >= 4 is 5.91 Å². The number of hydrogen-bond acceptors (Lipinski definition) is 3. The van der Waals surface area contributed by atoms with E-state index in [9.17, 15) is 4.79 Å². The molecule has 104 valence electrons. The number of hydrogen-bond donors (Lipinski definition) is 1. The average Bonchev–Trinajstić information content (AvgIpc) is 2.90. The lowest BCUT2D eigenvalue weighted by Crippen LogP contribution is -2.46. The summed E-state index contributed by atoms with van der Waals surface area (Å²) in [7, 11) is 1.70. The number of nitrogens with zero attached hydrogens (tertiary/aromatic N) is 1. The highest BCUT2D eigenvalue weighted by molar-refractivity contribution is 5.89. The zero-order valence-electron chi connectivity index (χ0n) is 12.0. The molecule has 0 radical (unpaired) electrons. The van der Waals surface area contributed by atoms with Crippen LogP contribution in [0, 0.1) is 5.92 Å². The van der Waals surface area contributed by atoms with Gasteiger partial charge < -0.3 is 9.64 Å². The molecule has 1 saturated carbocycles. The van der Waals surface area contributed by atoms with Gasteiger partial charge in [-0.05, 0) is 25.7 Å². The molecule has 2 unspecified atom stereocenters. The first-order valence-corrected chi connectivity index (χ1v) is 7.12. The zero-order valence-corrected chi connectivity index (χ0v) is 12.0. The summed E-state index contributed by atoms with van der Waals surface area (Å²) in [5.41, 5.74) is -0.262. The third-order valence-electron chi connectivity index (χ3n) is 4.37. The van der Waals surface area contributed by atoms with E-state index in [1.54, 1.807) is 7.11 Å². The van der Waals surface area contributed by atoms with Crippen LogP contribution < -0.4 is 5.32 Å². The molecule has 2 atom stereocenters. The van der Waals surface area contributed by atoms with E-state index in [1.165, 1.54) is 0 Å². The van der Waals surface area contributed by atoms with Crippen molar-refractivity contribution in [3.05, 3.63) is 0 Å². The van der Waals surface area contributed by atoms with E-state index < -0.39 is 0 Å². The van der Waals surface area contributed by atoms with Crippen molar-refractivity contribution in [2.24, 2.45) is 5.92 Å². The lowest BCUT2D eigenvalue weighted by Gasteiger charge is -2.29. The van der Waals surface area contributed by atoms with E-state index >= 15 is 0 Å². The minimum Gasteiger partial charge on any atom is -0.380 e. The average molecular weight is 254 g/mol. The van der Waals surface area contributed by atoms with Crippen molar-refractivity contribution < 1.29 is 9.53 Å². The van der Waals surface area contributed by atoms with Gasteiger partial charge in [-0.25, -0.2) is 0 Å². The van der Waals surface area contributed by atoms with Crippen molar-refractivity contribution in [1.82, 2.24) is 10.2 Å². The van der Waals surface area contributed by atoms with Gasteiger partial charge in [0.15, 0.2) is 0 Å². The summed E-state index contributed by atoms with van der Waals surface area (Å²) in [5.74, 6) is 0.723. The Bertz CT molecular complexity index is 311. The summed E-state index contributed by atoms with van der Waals surface area (Å²) in [5, 5.41) is 3.62. The molecule has 0 aromatic rings. The van der Waals surface area contributed by atoms with E-state index in [2.05, 4.69) is 19.2 Å². The highest BCUT2D eigenvalue weighted by Gasteiger charge is 2.52. The molecule has 4 heteroatoms. The van der Waals surface area contributed by atoms with Gasteiger partial charge in [0.25, 0.3) is 0 Å². The monoisotopic (exact) mass is 254 g/mol. The Balaban J connectivity index is 2.16. The van der Waals surface area contributed by atoms with Crippen LogP contribution in [0.1, 0.15) is 46.5 Å². The lowest BCUT2D eigenvalue weighted by atomic mass is 9.98. The molecule has 4 nitrogen and oxygen atoms in total. The molecule has 0 aromatic carbocycles. The van der Waals surface area contributed by atoms with Gasteiger partial charge in [0.2, 0.25) is 5.91 Å². The summed E-state index contributed by atoms with van der Waals surface area (Å²) in [4.78, 5) is 14.7. The van der Waals surface area contributed by atoms with Gasteiger partial charge in [-0.15, -0.1) is 0 Å². The fourth-order valence-corrected chi connectivity index (χ4v) is 3.24. The van der Waals surface area contributed by atoms with Crippen LogP contribution in [0.2, 0.25) is 0 Å². The second kappa shape index (κ2) is 5.17. The zero-order chi connectivity index (χ0) is 13.3. The fourth-order valence-electron chi connectivity index (χ4n) is 3.24. The van der Waals surface area contributed by atoms with Crippen LogP contribution in [-0.2, 0) is 9.53 Å². The third kappa shape index (κ3) is 2.28. The van der Waals surface area contributed by atoms with Gasteiger partial charge in [0, 0.05) is 13.7 Å². The summed E-state index contributed by atoms with van der Waals surface area (Å²) < 4.78 is 5.32. The van der Waals surface area contributed by atoms with Gasteiger partial charge in [0.05, 0.1) is 17.8 Å². The molecule has 1 amide bonds. The van der Waals surface area contributed by atoms with Crippen LogP contribution in [0.25, 0.3) is 0 Å². The molecule has 18 heavy (non-hydrogen) atoms.